The Bertz CT molecular complexity index is 406. The van der Waals surface area contributed by atoms with Gasteiger partial charge in [-0.1, -0.05) is 23.7 Å². The number of benzene rings is 1. The third-order valence-electron chi connectivity index (χ3n) is 2.46. The minimum absolute atomic E-state index is 0.140. The van der Waals surface area contributed by atoms with Crippen LogP contribution in [-0.4, -0.2) is 5.78 Å². The quantitative estimate of drug-likeness (QED) is 0.729. The molecule has 0 radical (unpaired) electrons. The lowest BCUT2D eigenvalue weighted by Crippen LogP contribution is -2.14. The number of ether oxygens (including phenoxy) is 1. The highest BCUT2D eigenvalue weighted by molar-refractivity contribution is 6.30. The van der Waals surface area contributed by atoms with Gasteiger partial charge in [-0.25, -0.2) is 0 Å². The molecule has 0 aliphatic carbocycles. The van der Waals surface area contributed by atoms with Crippen LogP contribution >= 0.6 is 11.6 Å². The van der Waals surface area contributed by atoms with Crippen molar-refractivity contribution in [2.24, 2.45) is 0 Å². The molecule has 1 unspecified atom stereocenters. The maximum absolute atomic E-state index is 11.5. The number of carbonyl (C=O) groups excluding carboxylic acids is 1. The summed E-state index contributed by atoms with van der Waals surface area (Å²) >= 11 is 5.78. The normalized spacial score (nSPS) is 20.8. The average Bonchev–Trinajstić information content (AvgIpc) is 2.23. The summed E-state index contributed by atoms with van der Waals surface area (Å²) in [6, 6.07) is 7.37. The molecule has 0 amide bonds. The standard InChI is InChI=1S/C12H11ClO2/c1-8-7-15-12(6-11(8)14)9-2-4-10(13)5-3-9/h2-5,7,12H,6H2,1H3. The van der Waals surface area contributed by atoms with Gasteiger partial charge in [-0.3, -0.25) is 4.79 Å². The summed E-state index contributed by atoms with van der Waals surface area (Å²) in [4.78, 5) is 11.5. The predicted molar refractivity (Wildman–Crippen MR) is 58.7 cm³/mol. The molecule has 2 rings (SSSR count). The number of ketones is 1. The van der Waals surface area contributed by atoms with Gasteiger partial charge in [0.25, 0.3) is 0 Å². The van der Waals surface area contributed by atoms with Gasteiger partial charge < -0.3 is 4.74 Å². The van der Waals surface area contributed by atoms with Gasteiger partial charge >= 0.3 is 0 Å². The number of rotatable bonds is 1. The summed E-state index contributed by atoms with van der Waals surface area (Å²) in [6.45, 7) is 1.76. The van der Waals surface area contributed by atoms with Crippen LogP contribution in [0.2, 0.25) is 5.02 Å². The molecule has 0 aromatic heterocycles. The first kappa shape index (κ1) is 10.2. The Morgan fingerprint density at radius 1 is 1.33 bits per heavy atom. The van der Waals surface area contributed by atoms with Crippen molar-refractivity contribution < 1.29 is 9.53 Å². The molecular weight excluding hydrogens is 212 g/mol. The van der Waals surface area contributed by atoms with Crippen molar-refractivity contribution >= 4 is 17.4 Å². The minimum Gasteiger partial charge on any atom is -0.492 e. The van der Waals surface area contributed by atoms with Crippen LogP contribution < -0.4 is 0 Å². The van der Waals surface area contributed by atoms with Crippen LogP contribution in [0.3, 0.4) is 0 Å². The van der Waals surface area contributed by atoms with Crippen LogP contribution in [0.5, 0.6) is 0 Å². The molecule has 2 nitrogen and oxygen atoms in total. The summed E-state index contributed by atoms with van der Waals surface area (Å²) in [6.07, 6.45) is 1.77. The Balaban J connectivity index is 2.20. The molecule has 1 aliphatic heterocycles. The monoisotopic (exact) mass is 222 g/mol. The zero-order chi connectivity index (χ0) is 10.8. The lowest BCUT2D eigenvalue weighted by molar-refractivity contribution is -0.119. The molecule has 0 N–H and O–H groups in total. The summed E-state index contributed by atoms with van der Waals surface area (Å²) in [5.41, 5.74) is 1.66. The first-order valence-corrected chi connectivity index (χ1v) is 5.15. The van der Waals surface area contributed by atoms with Crippen molar-refractivity contribution in [2.45, 2.75) is 19.4 Å². The zero-order valence-electron chi connectivity index (χ0n) is 8.37. The van der Waals surface area contributed by atoms with E-state index in [4.69, 9.17) is 16.3 Å². The lowest BCUT2D eigenvalue weighted by atomic mass is 9.99. The fourth-order valence-electron chi connectivity index (χ4n) is 1.50. The molecule has 1 aromatic carbocycles. The molecule has 3 heteroatoms. The molecule has 1 aliphatic rings. The van der Waals surface area contributed by atoms with E-state index in [1.807, 2.05) is 12.1 Å². The Morgan fingerprint density at radius 2 is 2.00 bits per heavy atom. The van der Waals surface area contributed by atoms with E-state index in [-0.39, 0.29) is 11.9 Å². The Kier molecular flexibility index (Phi) is 2.78. The number of carbonyl (C=O) groups is 1. The number of allylic oxidation sites excluding steroid dienone is 1. The highest BCUT2D eigenvalue weighted by Crippen LogP contribution is 2.28. The second kappa shape index (κ2) is 4.07. The Labute approximate surface area is 93.5 Å². The molecule has 0 bridgehead atoms. The van der Waals surface area contributed by atoms with E-state index in [1.54, 1.807) is 19.1 Å². The van der Waals surface area contributed by atoms with Gasteiger partial charge in [0.2, 0.25) is 0 Å². The molecule has 1 aromatic rings. The van der Waals surface area contributed by atoms with E-state index < -0.39 is 0 Å². The Morgan fingerprint density at radius 3 is 2.60 bits per heavy atom. The predicted octanol–water partition coefficient (Wildman–Crippen LogP) is 3.27. The summed E-state index contributed by atoms with van der Waals surface area (Å²) in [5.74, 6) is 0.140. The van der Waals surface area contributed by atoms with Gasteiger partial charge in [0.1, 0.15) is 6.10 Å². The fraction of sp³-hybridized carbons (Fsp3) is 0.250. The summed E-state index contributed by atoms with van der Waals surface area (Å²) in [7, 11) is 0. The van der Waals surface area contributed by atoms with Crippen LogP contribution in [0.4, 0.5) is 0 Å². The van der Waals surface area contributed by atoms with E-state index in [2.05, 4.69) is 0 Å². The van der Waals surface area contributed by atoms with Crippen molar-refractivity contribution in [3.8, 4) is 0 Å². The molecule has 78 valence electrons. The molecule has 0 saturated carbocycles. The number of halogens is 1. The smallest absolute Gasteiger partial charge is 0.165 e. The number of hydrogen-bond acceptors (Lipinski definition) is 2. The maximum Gasteiger partial charge on any atom is 0.165 e. The SMILES string of the molecule is CC1=COC(c2ccc(Cl)cc2)CC1=O. The topological polar surface area (TPSA) is 26.3 Å². The van der Waals surface area contributed by atoms with Crippen LogP contribution in [0.15, 0.2) is 36.1 Å². The van der Waals surface area contributed by atoms with E-state index in [1.165, 1.54) is 6.26 Å². The van der Waals surface area contributed by atoms with Gasteiger partial charge in [0, 0.05) is 10.6 Å². The Hall–Kier alpha value is -1.28. The van der Waals surface area contributed by atoms with Gasteiger partial charge in [0.05, 0.1) is 12.7 Å². The molecular formula is C12H11ClO2. The highest BCUT2D eigenvalue weighted by atomic mass is 35.5. The first-order chi connectivity index (χ1) is 7.16. The van der Waals surface area contributed by atoms with Gasteiger partial charge in [-0.05, 0) is 24.6 Å². The second-order valence-electron chi connectivity index (χ2n) is 3.60. The summed E-state index contributed by atoms with van der Waals surface area (Å²) in [5, 5.41) is 0.688. The highest BCUT2D eigenvalue weighted by Gasteiger charge is 2.21. The molecule has 0 saturated heterocycles. The van der Waals surface area contributed by atoms with Gasteiger partial charge in [-0.2, -0.15) is 0 Å². The van der Waals surface area contributed by atoms with Gasteiger partial charge in [0.15, 0.2) is 5.78 Å². The largest absolute Gasteiger partial charge is 0.492 e. The van der Waals surface area contributed by atoms with E-state index in [9.17, 15) is 4.79 Å². The zero-order valence-corrected chi connectivity index (χ0v) is 9.12. The third-order valence-corrected chi connectivity index (χ3v) is 2.71. The molecule has 0 fully saturated rings. The van der Waals surface area contributed by atoms with E-state index >= 15 is 0 Å². The fourth-order valence-corrected chi connectivity index (χ4v) is 1.63. The van der Waals surface area contributed by atoms with Crippen molar-refractivity contribution in [1.29, 1.82) is 0 Å². The van der Waals surface area contributed by atoms with Crippen LogP contribution in [0, 0.1) is 0 Å². The number of Topliss-reactive ketones (excluding diaryl/α,β-unsaturated/α-hetero) is 1. The van der Waals surface area contributed by atoms with Crippen molar-refractivity contribution in [2.75, 3.05) is 0 Å². The molecule has 0 spiro atoms. The van der Waals surface area contributed by atoms with E-state index in [0.29, 0.717) is 17.0 Å². The average molecular weight is 223 g/mol. The van der Waals surface area contributed by atoms with Gasteiger partial charge in [-0.15, -0.1) is 0 Å². The lowest BCUT2D eigenvalue weighted by Gasteiger charge is -2.21. The van der Waals surface area contributed by atoms with Crippen LogP contribution in [-0.2, 0) is 9.53 Å². The summed E-state index contributed by atoms with van der Waals surface area (Å²) < 4.78 is 5.46. The van der Waals surface area contributed by atoms with E-state index in [0.717, 1.165) is 5.56 Å². The van der Waals surface area contributed by atoms with Crippen molar-refractivity contribution in [3.05, 3.63) is 46.7 Å². The maximum atomic E-state index is 11.5. The molecule has 1 heterocycles. The molecule has 15 heavy (non-hydrogen) atoms. The van der Waals surface area contributed by atoms with Crippen molar-refractivity contribution in [3.63, 3.8) is 0 Å². The first-order valence-electron chi connectivity index (χ1n) is 4.78. The third kappa shape index (κ3) is 2.21. The second-order valence-corrected chi connectivity index (χ2v) is 4.04. The minimum atomic E-state index is -0.168. The molecule has 1 atom stereocenters. The van der Waals surface area contributed by atoms with Crippen molar-refractivity contribution in [1.82, 2.24) is 0 Å². The number of hydrogen-bond donors (Lipinski definition) is 0. The van der Waals surface area contributed by atoms with Crippen LogP contribution in [0.1, 0.15) is 25.0 Å². The van der Waals surface area contributed by atoms with Crippen LogP contribution in [0.25, 0.3) is 0 Å².